The molecule has 0 aliphatic carbocycles. The van der Waals surface area contributed by atoms with Crippen molar-refractivity contribution in [1.29, 1.82) is 0 Å². The third-order valence-corrected chi connectivity index (χ3v) is 2.99. The van der Waals surface area contributed by atoms with Crippen molar-refractivity contribution in [1.82, 2.24) is 15.3 Å². The lowest BCUT2D eigenvalue weighted by Crippen LogP contribution is -2.19. The number of rotatable bonds is 5. The van der Waals surface area contributed by atoms with Crippen molar-refractivity contribution in [3.8, 4) is 11.3 Å². The highest BCUT2D eigenvalue weighted by molar-refractivity contribution is 7.08. The monoisotopic (exact) mass is 235 g/mol. The summed E-state index contributed by atoms with van der Waals surface area (Å²) < 4.78 is 0. The number of H-pyrrole nitrogens is 1. The summed E-state index contributed by atoms with van der Waals surface area (Å²) in [4.78, 5) is 7.68. The van der Waals surface area contributed by atoms with Gasteiger partial charge in [0.1, 0.15) is 5.82 Å². The molecule has 3 nitrogen and oxygen atoms in total. The highest BCUT2D eigenvalue weighted by atomic mass is 32.1. The van der Waals surface area contributed by atoms with E-state index < -0.39 is 0 Å². The number of aromatic amines is 1. The standard InChI is InChI=1S/C12H17N3S/c1-9(2)5-13-7-12-14-6-11(15-12)10-3-4-16-8-10/h3-4,6,8-9,13H,5,7H2,1-2H3,(H,14,15). The summed E-state index contributed by atoms with van der Waals surface area (Å²) in [6, 6.07) is 2.10. The second kappa shape index (κ2) is 5.27. The fraction of sp³-hybridized carbons (Fsp3) is 0.417. The summed E-state index contributed by atoms with van der Waals surface area (Å²) in [5, 5.41) is 7.57. The van der Waals surface area contributed by atoms with E-state index in [9.17, 15) is 0 Å². The van der Waals surface area contributed by atoms with Gasteiger partial charge in [-0.05, 0) is 23.9 Å². The van der Waals surface area contributed by atoms with E-state index in [1.807, 2.05) is 6.20 Å². The van der Waals surface area contributed by atoms with Crippen molar-refractivity contribution in [2.45, 2.75) is 20.4 Å². The molecule has 0 fully saturated rings. The summed E-state index contributed by atoms with van der Waals surface area (Å²) in [5.41, 5.74) is 2.32. The molecule has 2 N–H and O–H groups in total. The molecular weight excluding hydrogens is 218 g/mol. The first-order valence-electron chi connectivity index (χ1n) is 5.53. The zero-order valence-corrected chi connectivity index (χ0v) is 10.5. The van der Waals surface area contributed by atoms with Crippen molar-refractivity contribution in [2.24, 2.45) is 5.92 Å². The van der Waals surface area contributed by atoms with Gasteiger partial charge in [0.25, 0.3) is 0 Å². The van der Waals surface area contributed by atoms with E-state index in [2.05, 4.69) is 46.0 Å². The largest absolute Gasteiger partial charge is 0.341 e. The van der Waals surface area contributed by atoms with E-state index in [0.29, 0.717) is 5.92 Å². The van der Waals surface area contributed by atoms with Gasteiger partial charge >= 0.3 is 0 Å². The maximum Gasteiger partial charge on any atom is 0.120 e. The van der Waals surface area contributed by atoms with Gasteiger partial charge in [0, 0.05) is 10.9 Å². The molecule has 0 radical (unpaired) electrons. The lowest BCUT2D eigenvalue weighted by atomic mass is 10.2. The average molecular weight is 235 g/mol. The van der Waals surface area contributed by atoms with Crippen LogP contribution in [0.5, 0.6) is 0 Å². The first-order valence-corrected chi connectivity index (χ1v) is 6.47. The van der Waals surface area contributed by atoms with Gasteiger partial charge in [-0.15, -0.1) is 0 Å². The van der Waals surface area contributed by atoms with Crippen LogP contribution in [0.15, 0.2) is 23.0 Å². The molecule has 4 heteroatoms. The first-order chi connectivity index (χ1) is 7.75. The molecular formula is C12H17N3S. The zero-order valence-electron chi connectivity index (χ0n) is 9.66. The van der Waals surface area contributed by atoms with E-state index >= 15 is 0 Å². The van der Waals surface area contributed by atoms with Gasteiger partial charge in [0.2, 0.25) is 0 Å². The van der Waals surface area contributed by atoms with Crippen LogP contribution in [0.4, 0.5) is 0 Å². The fourth-order valence-corrected chi connectivity index (χ4v) is 2.15. The zero-order chi connectivity index (χ0) is 11.4. The summed E-state index contributed by atoms with van der Waals surface area (Å²) >= 11 is 1.70. The summed E-state index contributed by atoms with van der Waals surface area (Å²) in [6.45, 7) is 6.23. The van der Waals surface area contributed by atoms with Gasteiger partial charge in [-0.1, -0.05) is 13.8 Å². The van der Waals surface area contributed by atoms with Crippen LogP contribution < -0.4 is 5.32 Å². The Labute approximate surface area is 99.9 Å². The highest BCUT2D eigenvalue weighted by Crippen LogP contribution is 2.19. The number of nitrogens with one attached hydrogen (secondary N) is 2. The second-order valence-electron chi connectivity index (χ2n) is 4.28. The van der Waals surface area contributed by atoms with E-state index in [1.54, 1.807) is 11.3 Å². The molecule has 0 aliphatic rings. The lowest BCUT2D eigenvalue weighted by molar-refractivity contribution is 0.545. The molecule has 2 aromatic rings. The molecule has 2 heterocycles. The Kier molecular flexibility index (Phi) is 3.74. The molecule has 2 aromatic heterocycles. The van der Waals surface area contributed by atoms with Crippen LogP contribution in [0.25, 0.3) is 11.3 Å². The molecule has 0 amide bonds. The van der Waals surface area contributed by atoms with E-state index in [1.165, 1.54) is 5.56 Å². The number of nitrogens with zero attached hydrogens (tertiary/aromatic N) is 1. The van der Waals surface area contributed by atoms with Gasteiger partial charge < -0.3 is 10.3 Å². The Morgan fingerprint density at radius 3 is 3.06 bits per heavy atom. The smallest absolute Gasteiger partial charge is 0.120 e. The number of hydrogen-bond donors (Lipinski definition) is 2. The number of imidazole rings is 1. The van der Waals surface area contributed by atoms with Crippen LogP contribution in [0.1, 0.15) is 19.7 Å². The molecule has 0 aromatic carbocycles. The van der Waals surface area contributed by atoms with Crippen LogP contribution in [0, 0.1) is 5.92 Å². The molecule has 0 atom stereocenters. The minimum atomic E-state index is 0.673. The number of hydrogen-bond acceptors (Lipinski definition) is 3. The van der Waals surface area contributed by atoms with Crippen molar-refractivity contribution in [3.05, 3.63) is 28.8 Å². The second-order valence-corrected chi connectivity index (χ2v) is 5.06. The van der Waals surface area contributed by atoms with Crippen LogP contribution in [-0.2, 0) is 6.54 Å². The fourth-order valence-electron chi connectivity index (χ4n) is 1.50. The van der Waals surface area contributed by atoms with Gasteiger partial charge in [-0.2, -0.15) is 11.3 Å². The number of aromatic nitrogens is 2. The Balaban J connectivity index is 1.93. The minimum absolute atomic E-state index is 0.673. The Morgan fingerprint density at radius 1 is 1.50 bits per heavy atom. The maximum absolute atomic E-state index is 4.36. The predicted octanol–water partition coefficient (Wildman–Crippen LogP) is 2.88. The molecule has 16 heavy (non-hydrogen) atoms. The van der Waals surface area contributed by atoms with Crippen LogP contribution in [0.3, 0.4) is 0 Å². The molecule has 0 spiro atoms. The Bertz CT molecular complexity index is 417. The highest BCUT2D eigenvalue weighted by Gasteiger charge is 2.03. The van der Waals surface area contributed by atoms with Gasteiger partial charge in [0.05, 0.1) is 18.4 Å². The SMILES string of the molecule is CC(C)CNCc1ncc(-c2ccsc2)[nH]1. The van der Waals surface area contributed by atoms with Crippen LogP contribution in [-0.4, -0.2) is 16.5 Å². The van der Waals surface area contributed by atoms with Crippen LogP contribution in [0.2, 0.25) is 0 Å². The van der Waals surface area contributed by atoms with E-state index in [0.717, 1.165) is 24.6 Å². The van der Waals surface area contributed by atoms with Crippen molar-refractivity contribution in [2.75, 3.05) is 6.54 Å². The van der Waals surface area contributed by atoms with Crippen molar-refractivity contribution in [3.63, 3.8) is 0 Å². The van der Waals surface area contributed by atoms with E-state index in [-0.39, 0.29) is 0 Å². The van der Waals surface area contributed by atoms with Gasteiger partial charge in [-0.3, -0.25) is 0 Å². The van der Waals surface area contributed by atoms with Gasteiger partial charge in [0.15, 0.2) is 0 Å². The van der Waals surface area contributed by atoms with Gasteiger partial charge in [-0.25, -0.2) is 4.98 Å². The lowest BCUT2D eigenvalue weighted by Gasteiger charge is -2.04. The third-order valence-electron chi connectivity index (χ3n) is 2.31. The molecule has 0 bridgehead atoms. The topological polar surface area (TPSA) is 40.7 Å². The Morgan fingerprint density at radius 2 is 2.38 bits per heavy atom. The maximum atomic E-state index is 4.36. The average Bonchev–Trinajstić information content (AvgIpc) is 2.85. The summed E-state index contributed by atoms with van der Waals surface area (Å²) in [7, 11) is 0. The van der Waals surface area contributed by atoms with E-state index in [4.69, 9.17) is 0 Å². The summed E-state index contributed by atoms with van der Waals surface area (Å²) in [6.07, 6.45) is 1.90. The minimum Gasteiger partial charge on any atom is -0.341 e. The molecule has 0 saturated carbocycles. The molecule has 86 valence electrons. The van der Waals surface area contributed by atoms with Crippen molar-refractivity contribution >= 4 is 11.3 Å². The van der Waals surface area contributed by atoms with Crippen molar-refractivity contribution < 1.29 is 0 Å². The number of thiophene rings is 1. The first kappa shape index (κ1) is 11.4. The summed E-state index contributed by atoms with van der Waals surface area (Å²) in [5.74, 6) is 1.67. The molecule has 0 saturated heterocycles. The quantitative estimate of drug-likeness (QED) is 0.836. The molecule has 2 rings (SSSR count). The third kappa shape index (κ3) is 2.93. The normalized spacial score (nSPS) is 11.2. The molecule has 0 aliphatic heterocycles. The Hall–Kier alpha value is -1.13. The molecule has 0 unspecified atom stereocenters. The predicted molar refractivity (Wildman–Crippen MR) is 68.4 cm³/mol. The van der Waals surface area contributed by atoms with Crippen LogP contribution >= 0.6 is 11.3 Å².